The molecule has 1 atom stereocenters. The minimum Gasteiger partial charge on any atom is -0.352 e. The van der Waals surface area contributed by atoms with Gasteiger partial charge >= 0.3 is 6.18 Å². The fourth-order valence-corrected chi connectivity index (χ4v) is 3.14. The first-order chi connectivity index (χ1) is 9.43. The van der Waals surface area contributed by atoms with Crippen LogP contribution in [0.2, 0.25) is 0 Å². The van der Waals surface area contributed by atoms with Gasteiger partial charge in [0, 0.05) is 29.1 Å². The van der Waals surface area contributed by atoms with Gasteiger partial charge in [0.1, 0.15) is 5.82 Å². The van der Waals surface area contributed by atoms with E-state index in [1.54, 1.807) is 4.90 Å². The highest BCUT2D eigenvalue weighted by atomic mass is 79.9. The second-order valence-electron chi connectivity index (χ2n) is 4.87. The Balaban J connectivity index is 2.44. The van der Waals surface area contributed by atoms with Gasteiger partial charge in [-0.15, -0.1) is 11.6 Å². The van der Waals surface area contributed by atoms with Crippen LogP contribution < -0.4 is 4.90 Å². The molecule has 0 spiro atoms. The minimum absolute atomic E-state index is 0.00625. The first-order valence-corrected chi connectivity index (χ1v) is 7.81. The van der Waals surface area contributed by atoms with Gasteiger partial charge in [0.15, 0.2) is 0 Å². The topological polar surface area (TPSA) is 16.1 Å². The van der Waals surface area contributed by atoms with E-state index in [-0.39, 0.29) is 11.9 Å². The minimum atomic E-state index is -4.42. The number of halogens is 5. The zero-order chi connectivity index (χ0) is 14.8. The Morgan fingerprint density at radius 2 is 2.10 bits per heavy atom. The van der Waals surface area contributed by atoms with Crippen LogP contribution in [0.3, 0.4) is 0 Å². The molecule has 20 heavy (non-hydrogen) atoms. The van der Waals surface area contributed by atoms with Crippen LogP contribution in [0.25, 0.3) is 0 Å². The second-order valence-corrected chi connectivity index (χ2v) is 6.10. The van der Waals surface area contributed by atoms with Gasteiger partial charge in [-0.1, -0.05) is 12.8 Å². The molecule has 1 aromatic rings. The van der Waals surface area contributed by atoms with Crippen molar-refractivity contribution < 1.29 is 13.2 Å². The third kappa shape index (κ3) is 3.58. The predicted molar refractivity (Wildman–Crippen MR) is 77.3 cm³/mol. The van der Waals surface area contributed by atoms with Crippen LogP contribution in [0.1, 0.15) is 31.2 Å². The maximum absolute atomic E-state index is 13.2. The van der Waals surface area contributed by atoms with Gasteiger partial charge in [0.25, 0.3) is 0 Å². The summed E-state index contributed by atoms with van der Waals surface area (Å²) in [6.45, 7) is 0.565. The van der Waals surface area contributed by atoms with Crippen molar-refractivity contribution in [2.45, 2.75) is 37.9 Å². The number of alkyl halides is 4. The van der Waals surface area contributed by atoms with E-state index in [9.17, 15) is 13.2 Å². The Morgan fingerprint density at radius 3 is 2.75 bits per heavy atom. The lowest BCUT2D eigenvalue weighted by atomic mass is 10.1. The number of hydrogen-bond donors (Lipinski definition) is 0. The third-order valence-electron chi connectivity index (χ3n) is 3.47. The number of anilines is 1. The van der Waals surface area contributed by atoms with Crippen molar-refractivity contribution in [3.8, 4) is 0 Å². The van der Waals surface area contributed by atoms with E-state index in [1.807, 2.05) is 0 Å². The average Bonchev–Trinajstić information content (AvgIpc) is 2.62. The van der Waals surface area contributed by atoms with Gasteiger partial charge in [0.2, 0.25) is 0 Å². The highest BCUT2D eigenvalue weighted by molar-refractivity contribution is 9.10. The summed E-state index contributed by atoms with van der Waals surface area (Å²) in [6, 6.07) is 0.993. The van der Waals surface area contributed by atoms with Crippen molar-refractivity contribution in [1.29, 1.82) is 0 Å². The predicted octanol–water partition coefficient (Wildman–Crippen LogP) is 4.85. The molecule has 1 aliphatic heterocycles. The second kappa shape index (κ2) is 6.52. The van der Waals surface area contributed by atoms with Gasteiger partial charge in [-0.3, -0.25) is 0 Å². The molecule has 2 heterocycles. The molecule has 0 bridgehead atoms. The van der Waals surface area contributed by atoms with Crippen molar-refractivity contribution in [3.05, 3.63) is 22.3 Å². The molecule has 0 N–H and O–H groups in total. The van der Waals surface area contributed by atoms with Gasteiger partial charge in [-0.05, 0) is 34.8 Å². The molecule has 0 aliphatic carbocycles. The van der Waals surface area contributed by atoms with Crippen molar-refractivity contribution >= 4 is 33.3 Å². The number of aromatic nitrogens is 1. The fraction of sp³-hybridized carbons (Fsp3) is 0.615. The SMILES string of the molecule is FC(F)(F)c1cc(Br)cnc1N1CCCCCC1CCl. The van der Waals surface area contributed by atoms with Crippen molar-refractivity contribution in [2.24, 2.45) is 0 Å². The Kier molecular flexibility index (Phi) is 5.18. The first-order valence-electron chi connectivity index (χ1n) is 6.49. The summed E-state index contributed by atoms with van der Waals surface area (Å²) < 4.78 is 39.9. The van der Waals surface area contributed by atoms with Crippen molar-refractivity contribution in [2.75, 3.05) is 17.3 Å². The highest BCUT2D eigenvalue weighted by Crippen LogP contribution is 2.38. The van der Waals surface area contributed by atoms with Crippen LogP contribution in [0.5, 0.6) is 0 Å². The number of hydrogen-bond acceptors (Lipinski definition) is 2. The number of pyridine rings is 1. The van der Waals surface area contributed by atoms with Gasteiger partial charge < -0.3 is 4.90 Å². The number of rotatable bonds is 2. The molecule has 1 unspecified atom stereocenters. The largest absolute Gasteiger partial charge is 0.419 e. The zero-order valence-electron chi connectivity index (χ0n) is 10.8. The van der Waals surface area contributed by atoms with E-state index in [0.717, 1.165) is 31.7 Å². The lowest BCUT2D eigenvalue weighted by Crippen LogP contribution is -2.38. The van der Waals surface area contributed by atoms with Gasteiger partial charge in [-0.25, -0.2) is 4.98 Å². The molecule has 0 saturated carbocycles. The summed E-state index contributed by atoms with van der Waals surface area (Å²) in [5.41, 5.74) is -0.705. The average molecular weight is 372 g/mol. The van der Waals surface area contributed by atoms with Crippen molar-refractivity contribution in [1.82, 2.24) is 4.98 Å². The van der Waals surface area contributed by atoms with Crippen molar-refractivity contribution in [3.63, 3.8) is 0 Å². The van der Waals surface area contributed by atoms with E-state index in [0.29, 0.717) is 16.9 Å². The summed E-state index contributed by atoms with van der Waals surface area (Å²) in [5.74, 6) is 0.308. The molecule has 1 aromatic heterocycles. The molecule has 7 heteroatoms. The van der Waals surface area contributed by atoms with Crippen LogP contribution in [0, 0.1) is 0 Å². The van der Waals surface area contributed by atoms with E-state index >= 15 is 0 Å². The van der Waals surface area contributed by atoms with E-state index in [2.05, 4.69) is 20.9 Å². The molecule has 1 aliphatic rings. The maximum Gasteiger partial charge on any atom is 0.419 e. The quantitative estimate of drug-likeness (QED) is 0.691. The summed E-state index contributed by atoms with van der Waals surface area (Å²) in [6.07, 6.45) is 0.657. The lowest BCUT2D eigenvalue weighted by Gasteiger charge is -2.31. The molecule has 0 amide bonds. The van der Waals surface area contributed by atoms with Crippen LogP contribution in [0.15, 0.2) is 16.7 Å². The Morgan fingerprint density at radius 1 is 1.35 bits per heavy atom. The Bertz CT molecular complexity index is 467. The molecule has 1 fully saturated rings. The van der Waals surface area contributed by atoms with E-state index in [4.69, 9.17) is 11.6 Å². The Labute approximate surface area is 129 Å². The van der Waals surface area contributed by atoms with Gasteiger partial charge in [-0.2, -0.15) is 13.2 Å². The third-order valence-corrected chi connectivity index (χ3v) is 4.26. The first kappa shape index (κ1) is 15.9. The number of nitrogens with zero attached hydrogens (tertiary/aromatic N) is 2. The molecular weight excluding hydrogens is 357 g/mol. The lowest BCUT2D eigenvalue weighted by molar-refractivity contribution is -0.137. The summed E-state index contributed by atoms with van der Waals surface area (Å²) in [7, 11) is 0. The summed E-state index contributed by atoms with van der Waals surface area (Å²) >= 11 is 8.99. The molecule has 2 nitrogen and oxygen atoms in total. The summed E-state index contributed by atoms with van der Waals surface area (Å²) in [4.78, 5) is 5.73. The molecule has 112 valence electrons. The normalized spacial score (nSPS) is 20.9. The van der Waals surface area contributed by atoms with Gasteiger partial charge in [0.05, 0.1) is 5.56 Å². The van der Waals surface area contributed by atoms with Crippen LogP contribution in [0.4, 0.5) is 19.0 Å². The monoisotopic (exact) mass is 370 g/mol. The molecule has 0 aromatic carbocycles. The summed E-state index contributed by atoms with van der Waals surface area (Å²) in [5, 5.41) is 0. The van der Waals surface area contributed by atoms with Crippen LogP contribution in [-0.4, -0.2) is 23.5 Å². The van der Waals surface area contributed by atoms with E-state index in [1.165, 1.54) is 6.20 Å². The molecule has 2 rings (SSSR count). The van der Waals surface area contributed by atoms with E-state index < -0.39 is 11.7 Å². The zero-order valence-corrected chi connectivity index (χ0v) is 13.1. The molecule has 1 saturated heterocycles. The molecule has 0 radical (unpaired) electrons. The van der Waals surface area contributed by atoms with Crippen LogP contribution >= 0.6 is 27.5 Å². The van der Waals surface area contributed by atoms with Crippen LogP contribution in [-0.2, 0) is 6.18 Å². The highest BCUT2D eigenvalue weighted by Gasteiger charge is 2.37. The fourth-order valence-electron chi connectivity index (χ4n) is 2.49. The smallest absolute Gasteiger partial charge is 0.352 e. The standard InChI is InChI=1S/C13H15BrClF3N2/c14-9-6-11(13(16,17)18)12(19-8-9)20-5-3-1-2-4-10(20)7-15/h6,8,10H,1-5,7H2. The molecular formula is C13H15BrClF3N2. The maximum atomic E-state index is 13.2. The Hall–Kier alpha value is -0.490.